The number of hydrogen-bond donors (Lipinski definition) is 1. The molecule has 17 heavy (non-hydrogen) atoms. The average molecular weight is 316 g/mol. The first kappa shape index (κ1) is 13.2. The van der Waals surface area contributed by atoms with Gasteiger partial charge >= 0.3 is 0 Å². The van der Waals surface area contributed by atoms with Crippen molar-refractivity contribution in [3.8, 4) is 0 Å². The number of halogens is 1. The zero-order valence-corrected chi connectivity index (χ0v) is 12.7. The molecule has 0 bridgehead atoms. The summed E-state index contributed by atoms with van der Waals surface area (Å²) in [5.41, 5.74) is -0.142. The first-order valence-electron chi connectivity index (χ1n) is 6.03. The van der Waals surface area contributed by atoms with E-state index in [-0.39, 0.29) is 5.41 Å². The molecule has 4 heteroatoms. The second-order valence-corrected chi connectivity index (χ2v) is 7.59. The standard InChI is InChI=1S/C13H18BrNOS/c1-9(2)13(5-6-15-8-13)11(16)7-10-3-4-12(14)17-10/h3-4,9,15H,5-8H2,1-2H3. The molecule has 1 saturated heterocycles. The lowest BCUT2D eigenvalue weighted by atomic mass is 9.72. The second kappa shape index (κ2) is 5.21. The van der Waals surface area contributed by atoms with E-state index in [2.05, 4.69) is 35.1 Å². The fourth-order valence-corrected chi connectivity index (χ4v) is 4.03. The van der Waals surface area contributed by atoms with E-state index in [9.17, 15) is 4.79 Å². The number of carbonyl (C=O) groups is 1. The molecule has 2 nitrogen and oxygen atoms in total. The van der Waals surface area contributed by atoms with Gasteiger partial charge < -0.3 is 5.32 Å². The van der Waals surface area contributed by atoms with E-state index in [1.54, 1.807) is 11.3 Å². The van der Waals surface area contributed by atoms with E-state index in [1.165, 1.54) is 0 Å². The van der Waals surface area contributed by atoms with Gasteiger partial charge in [-0.2, -0.15) is 0 Å². The highest BCUT2D eigenvalue weighted by molar-refractivity contribution is 9.11. The van der Waals surface area contributed by atoms with Gasteiger partial charge in [-0.15, -0.1) is 11.3 Å². The number of rotatable bonds is 4. The molecule has 2 heterocycles. The van der Waals surface area contributed by atoms with Crippen molar-refractivity contribution in [3.05, 3.63) is 20.8 Å². The van der Waals surface area contributed by atoms with Gasteiger partial charge in [0.1, 0.15) is 5.78 Å². The Bertz CT molecular complexity index is 407. The van der Waals surface area contributed by atoms with E-state index in [4.69, 9.17) is 0 Å². The van der Waals surface area contributed by atoms with Crippen LogP contribution in [0.5, 0.6) is 0 Å². The van der Waals surface area contributed by atoms with Crippen LogP contribution in [-0.2, 0) is 11.2 Å². The summed E-state index contributed by atoms with van der Waals surface area (Å²) in [4.78, 5) is 13.7. The molecule has 1 aliphatic rings. The lowest BCUT2D eigenvalue weighted by Gasteiger charge is -2.30. The zero-order chi connectivity index (χ0) is 12.5. The summed E-state index contributed by atoms with van der Waals surface area (Å²) >= 11 is 5.10. The van der Waals surface area contributed by atoms with Crippen LogP contribution < -0.4 is 5.32 Å². The number of hydrogen-bond acceptors (Lipinski definition) is 3. The van der Waals surface area contributed by atoms with E-state index < -0.39 is 0 Å². The van der Waals surface area contributed by atoms with Gasteiger partial charge in [-0.05, 0) is 46.9 Å². The molecule has 0 amide bonds. The highest BCUT2D eigenvalue weighted by atomic mass is 79.9. The van der Waals surface area contributed by atoms with Crippen LogP contribution in [0, 0.1) is 11.3 Å². The molecule has 94 valence electrons. The maximum Gasteiger partial charge on any atom is 0.145 e. The Kier molecular flexibility index (Phi) is 4.06. The lowest BCUT2D eigenvalue weighted by molar-refractivity contribution is -0.129. The second-order valence-electron chi connectivity index (χ2n) is 5.04. The van der Waals surface area contributed by atoms with Gasteiger partial charge in [-0.1, -0.05) is 13.8 Å². The lowest BCUT2D eigenvalue weighted by Crippen LogP contribution is -2.39. The molecular weight excluding hydrogens is 298 g/mol. The molecule has 0 saturated carbocycles. The van der Waals surface area contributed by atoms with Crippen LogP contribution in [0.1, 0.15) is 25.1 Å². The minimum atomic E-state index is -0.142. The van der Waals surface area contributed by atoms with Crippen LogP contribution in [0.4, 0.5) is 0 Å². The van der Waals surface area contributed by atoms with Crippen molar-refractivity contribution >= 4 is 33.0 Å². The van der Waals surface area contributed by atoms with Crippen molar-refractivity contribution in [2.75, 3.05) is 13.1 Å². The van der Waals surface area contributed by atoms with Crippen LogP contribution in [-0.4, -0.2) is 18.9 Å². The Morgan fingerprint density at radius 3 is 2.82 bits per heavy atom. The number of nitrogens with one attached hydrogen (secondary N) is 1. The van der Waals surface area contributed by atoms with Gasteiger partial charge in [0.2, 0.25) is 0 Å². The van der Waals surface area contributed by atoms with E-state index >= 15 is 0 Å². The summed E-state index contributed by atoms with van der Waals surface area (Å²) in [5, 5.41) is 3.34. The van der Waals surface area contributed by atoms with Gasteiger partial charge in [0.25, 0.3) is 0 Å². The number of carbonyl (C=O) groups excluding carboxylic acids is 1. The smallest absolute Gasteiger partial charge is 0.145 e. The minimum absolute atomic E-state index is 0.142. The molecule has 0 radical (unpaired) electrons. The molecule has 1 aromatic heterocycles. The number of ketones is 1. The summed E-state index contributed by atoms with van der Waals surface area (Å²) in [7, 11) is 0. The van der Waals surface area contributed by atoms with Crippen molar-refractivity contribution in [1.29, 1.82) is 0 Å². The van der Waals surface area contributed by atoms with Crippen molar-refractivity contribution in [3.63, 3.8) is 0 Å². The third-order valence-electron chi connectivity index (χ3n) is 3.81. The SMILES string of the molecule is CC(C)C1(C(=O)Cc2ccc(Br)s2)CCNC1. The molecule has 1 N–H and O–H groups in total. The minimum Gasteiger partial charge on any atom is -0.316 e. The summed E-state index contributed by atoms with van der Waals surface area (Å²) < 4.78 is 1.10. The Balaban J connectivity index is 2.12. The molecule has 0 spiro atoms. The van der Waals surface area contributed by atoms with Crippen LogP contribution in [0.3, 0.4) is 0 Å². The number of thiophene rings is 1. The summed E-state index contributed by atoms with van der Waals surface area (Å²) in [6.45, 7) is 6.14. The Morgan fingerprint density at radius 2 is 2.35 bits per heavy atom. The summed E-state index contributed by atoms with van der Waals surface area (Å²) in [5.74, 6) is 0.806. The third-order valence-corrected chi connectivity index (χ3v) is 5.44. The van der Waals surface area contributed by atoms with Crippen LogP contribution in [0.15, 0.2) is 15.9 Å². The molecule has 1 aromatic rings. The van der Waals surface area contributed by atoms with E-state index in [0.717, 1.165) is 28.2 Å². The fourth-order valence-electron chi connectivity index (χ4n) is 2.55. The van der Waals surface area contributed by atoms with Crippen molar-refractivity contribution in [2.24, 2.45) is 11.3 Å². The number of Topliss-reactive ketones (excluding diaryl/α,β-unsaturated/α-hetero) is 1. The summed E-state index contributed by atoms with van der Waals surface area (Å²) in [6.07, 6.45) is 1.56. The molecule has 1 fully saturated rings. The topological polar surface area (TPSA) is 29.1 Å². The normalized spacial score (nSPS) is 24.5. The Labute approximate surface area is 115 Å². The van der Waals surface area contributed by atoms with Gasteiger partial charge in [-0.25, -0.2) is 0 Å². The molecule has 1 aliphatic heterocycles. The molecule has 0 aliphatic carbocycles. The van der Waals surface area contributed by atoms with Crippen LogP contribution in [0.25, 0.3) is 0 Å². The van der Waals surface area contributed by atoms with Crippen molar-refractivity contribution < 1.29 is 4.79 Å². The van der Waals surface area contributed by atoms with E-state index in [0.29, 0.717) is 18.1 Å². The van der Waals surface area contributed by atoms with Crippen molar-refractivity contribution in [1.82, 2.24) is 5.32 Å². The highest BCUT2D eigenvalue weighted by Gasteiger charge is 2.43. The van der Waals surface area contributed by atoms with Crippen LogP contribution in [0.2, 0.25) is 0 Å². The van der Waals surface area contributed by atoms with Gasteiger partial charge in [-0.3, -0.25) is 4.79 Å². The predicted octanol–water partition coefficient (Wildman–Crippen LogP) is 3.26. The van der Waals surface area contributed by atoms with Gasteiger partial charge in [0.15, 0.2) is 0 Å². The highest BCUT2D eigenvalue weighted by Crippen LogP contribution is 2.37. The summed E-state index contributed by atoms with van der Waals surface area (Å²) in [6, 6.07) is 4.06. The first-order valence-corrected chi connectivity index (χ1v) is 7.64. The van der Waals surface area contributed by atoms with Crippen LogP contribution >= 0.6 is 27.3 Å². The molecule has 1 unspecified atom stereocenters. The molecule has 1 atom stereocenters. The van der Waals surface area contributed by atoms with Crippen molar-refractivity contribution in [2.45, 2.75) is 26.7 Å². The molecule has 0 aromatic carbocycles. The zero-order valence-electron chi connectivity index (χ0n) is 10.3. The maximum atomic E-state index is 12.5. The monoisotopic (exact) mass is 315 g/mol. The van der Waals surface area contributed by atoms with Gasteiger partial charge in [0, 0.05) is 23.3 Å². The largest absolute Gasteiger partial charge is 0.316 e. The van der Waals surface area contributed by atoms with Gasteiger partial charge in [0.05, 0.1) is 3.79 Å². The molecule has 2 rings (SSSR count). The predicted molar refractivity (Wildman–Crippen MR) is 75.5 cm³/mol. The third kappa shape index (κ3) is 2.64. The quantitative estimate of drug-likeness (QED) is 0.924. The average Bonchev–Trinajstić information content (AvgIpc) is 2.87. The Hall–Kier alpha value is -0.190. The van der Waals surface area contributed by atoms with E-state index in [1.807, 2.05) is 12.1 Å². The Morgan fingerprint density at radius 1 is 1.59 bits per heavy atom. The first-order chi connectivity index (χ1) is 8.04. The maximum absolute atomic E-state index is 12.5. The fraction of sp³-hybridized carbons (Fsp3) is 0.615. The molecular formula is C13H18BrNOS.